The van der Waals surface area contributed by atoms with Crippen molar-refractivity contribution in [1.29, 1.82) is 0 Å². The summed E-state index contributed by atoms with van der Waals surface area (Å²) >= 11 is 7.57. The molecule has 0 saturated carbocycles. The third kappa shape index (κ3) is 3.56. The topological polar surface area (TPSA) is 26.0 Å². The van der Waals surface area contributed by atoms with Crippen LogP contribution in [0.25, 0.3) is 4.91 Å². The highest BCUT2D eigenvalue weighted by molar-refractivity contribution is 8.07. The van der Waals surface area contributed by atoms with E-state index in [0.717, 1.165) is 26.9 Å². The molecule has 18 heavy (non-hydrogen) atoms. The molecule has 0 fully saturated rings. The zero-order valence-corrected chi connectivity index (χ0v) is 11.5. The Bertz CT molecular complexity index is 531. The first-order valence-electron chi connectivity index (χ1n) is 5.57. The molecule has 0 aromatic heterocycles. The lowest BCUT2D eigenvalue weighted by Crippen LogP contribution is -1.86. The van der Waals surface area contributed by atoms with Crippen molar-refractivity contribution in [3.8, 4) is 0 Å². The first-order valence-corrected chi connectivity index (χ1v) is 6.93. The standard InChI is InChI=1S/C15H14ClNS/c1-11(13-4-6-14(16)7-5-13)18-10-12-2-8-15(17)9-3-12/h2-9H,1,10,17H2. The molecule has 0 amide bonds. The van der Waals surface area contributed by atoms with Gasteiger partial charge in [-0.15, -0.1) is 11.8 Å². The SMILES string of the molecule is C=C(SCc1ccc(N)cc1)c1ccc(Cl)cc1. The van der Waals surface area contributed by atoms with E-state index in [2.05, 4.69) is 6.58 Å². The molecule has 3 heteroatoms. The van der Waals surface area contributed by atoms with E-state index < -0.39 is 0 Å². The van der Waals surface area contributed by atoms with E-state index >= 15 is 0 Å². The van der Waals surface area contributed by atoms with Gasteiger partial charge in [-0.25, -0.2) is 0 Å². The van der Waals surface area contributed by atoms with Crippen LogP contribution in [-0.2, 0) is 5.75 Å². The third-order valence-corrected chi connectivity index (χ3v) is 3.87. The minimum absolute atomic E-state index is 0.745. The van der Waals surface area contributed by atoms with Gasteiger partial charge in [-0.2, -0.15) is 0 Å². The van der Waals surface area contributed by atoms with Crippen LogP contribution in [-0.4, -0.2) is 0 Å². The highest BCUT2D eigenvalue weighted by atomic mass is 35.5. The molecule has 2 N–H and O–H groups in total. The van der Waals surface area contributed by atoms with Crippen molar-refractivity contribution in [1.82, 2.24) is 0 Å². The second-order valence-corrected chi connectivity index (χ2v) is 5.47. The maximum atomic E-state index is 5.86. The van der Waals surface area contributed by atoms with Gasteiger partial charge in [-0.05, 0) is 35.4 Å². The molecule has 0 atom stereocenters. The van der Waals surface area contributed by atoms with Crippen LogP contribution in [0.4, 0.5) is 5.69 Å². The minimum atomic E-state index is 0.745. The number of nitrogen functional groups attached to an aromatic ring is 1. The first-order chi connectivity index (χ1) is 8.65. The van der Waals surface area contributed by atoms with Crippen LogP contribution in [0.15, 0.2) is 55.1 Å². The van der Waals surface area contributed by atoms with Gasteiger partial charge in [0.2, 0.25) is 0 Å². The molecule has 2 aromatic rings. The van der Waals surface area contributed by atoms with Crippen LogP contribution in [0.2, 0.25) is 5.02 Å². The zero-order chi connectivity index (χ0) is 13.0. The second kappa shape index (κ2) is 5.98. The third-order valence-electron chi connectivity index (χ3n) is 2.56. The van der Waals surface area contributed by atoms with Crippen molar-refractivity contribution in [3.05, 3.63) is 71.3 Å². The predicted molar refractivity (Wildman–Crippen MR) is 82.6 cm³/mol. The molecule has 0 spiro atoms. The van der Waals surface area contributed by atoms with Gasteiger partial charge in [0, 0.05) is 21.4 Å². The smallest absolute Gasteiger partial charge is 0.0406 e. The number of rotatable bonds is 4. The number of anilines is 1. The minimum Gasteiger partial charge on any atom is -0.399 e. The Balaban J connectivity index is 1.96. The quantitative estimate of drug-likeness (QED) is 0.809. The Kier molecular flexibility index (Phi) is 4.34. The molecule has 0 aliphatic carbocycles. The average Bonchev–Trinajstić information content (AvgIpc) is 2.38. The average molecular weight is 276 g/mol. The summed E-state index contributed by atoms with van der Waals surface area (Å²) in [6.45, 7) is 4.08. The highest BCUT2D eigenvalue weighted by Crippen LogP contribution is 2.29. The van der Waals surface area contributed by atoms with Gasteiger partial charge in [0.1, 0.15) is 0 Å². The summed E-state index contributed by atoms with van der Waals surface area (Å²) in [5.41, 5.74) is 8.79. The molecule has 0 radical (unpaired) electrons. The molecule has 92 valence electrons. The summed E-state index contributed by atoms with van der Waals surface area (Å²) in [4.78, 5) is 1.04. The summed E-state index contributed by atoms with van der Waals surface area (Å²) in [5.74, 6) is 0.891. The van der Waals surface area contributed by atoms with Crippen LogP contribution in [0, 0.1) is 0 Å². The van der Waals surface area contributed by atoms with Gasteiger partial charge in [-0.3, -0.25) is 0 Å². The fourth-order valence-electron chi connectivity index (χ4n) is 1.50. The lowest BCUT2D eigenvalue weighted by Gasteiger charge is -2.06. The van der Waals surface area contributed by atoms with Crippen molar-refractivity contribution < 1.29 is 0 Å². The number of halogens is 1. The molecule has 0 saturated heterocycles. The number of hydrogen-bond donors (Lipinski definition) is 1. The number of benzene rings is 2. The number of hydrogen-bond acceptors (Lipinski definition) is 2. The molecule has 2 rings (SSSR count). The van der Waals surface area contributed by atoms with Gasteiger partial charge in [-0.1, -0.05) is 42.4 Å². The first kappa shape index (κ1) is 13.1. The van der Waals surface area contributed by atoms with Crippen LogP contribution in [0.3, 0.4) is 0 Å². The van der Waals surface area contributed by atoms with E-state index in [0.29, 0.717) is 0 Å². The van der Waals surface area contributed by atoms with Crippen molar-refractivity contribution in [3.63, 3.8) is 0 Å². The zero-order valence-electron chi connectivity index (χ0n) is 9.90. The number of thioether (sulfide) groups is 1. The van der Waals surface area contributed by atoms with Crippen LogP contribution < -0.4 is 5.73 Å². The summed E-state index contributed by atoms with van der Waals surface area (Å²) in [6.07, 6.45) is 0. The second-order valence-electron chi connectivity index (χ2n) is 3.96. The molecule has 0 aliphatic rings. The van der Waals surface area contributed by atoms with Crippen molar-refractivity contribution >= 4 is 34.0 Å². The largest absolute Gasteiger partial charge is 0.399 e. The van der Waals surface area contributed by atoms with Gasteiger partial charge in [0.05, 0.1) is 0 Å². The van der Waals surface area contributed by atoms with Crippen LogP contribution in [0.1, 0.15) is 11.1 Å². The van der Waals surface area contributed by atoms with Crippen molar-refractivity contribution in [2.75, 3.05) is 5.73 Å². The molecule has 0 aliphatic heterocycles. The lowest BCUT2D eigenvalue weighted by atomic mass is 10.2. The molecule has 0 heterocycles. The Morgan fingerprint density at radius 1 is 1.06 bits per heavy atom. The van der Waals surface area contributed by atoms with E-state index in [9.17, 15) is 0 Å². The molecular formula is C15H14ClNS. The van der Waals surface area contributed by atoms with Gasteiger partial charge < -0.3 is 5.73 Å². The molecule has 2 aromatic carbocycles. The van der Waals surface area contributed by atoms with E-state index in [1.54, 1.807) is 11.8 Å². The highest BCUT2D eigenvalue weighted by Gasteiger charge is 2.01. The van der Waals surface area contributed by atoms with E-state index in [-0.39, 0.29) is 0 Å². The summed E-state index contributed by atoms with van der Waals surface area (Å²) in [5, 5.41) is 0.745. The van der Waals surface area contributed by atoms with Crippen molar-refractivity contribution in [2.24, 2.45) is 0 Å². The van der Waals surface area contributed by atoms with Crippen molar-refractivity contribution in [2.45, 2.75) is 5.75 Å². The van der Waals surface area contributed by atoms with Crippen LogP contribution >= 0.6 is 23.4 Å². The monoisotopic (exact) mass is 275 g/mol. The Morgan fingerprint density at radius 2 is 1.67 bits per heavy atom. The Hall–Kier alpha value is -1.38. The van der Waals surface area contributed by atoms with E-state index in [1.165, 1.54) is 5.56 Å². The molecule has 1 nitrogen and oxygen atoms in total. The summed E-state index contributed by atoms with van der Waals surface area (Å²) in [7, 11) is 0. The summed E-state index contributed by atoms with van der Waals surface area (Å²) < 4.78 is 0. The molecule has 0 unspecified atom stereocenters. The van der Waals surface area contributed by atoms with E-state index in [4.69, 9.17) is 17.3 Å². The maximum absolute atomic E-state index is 5.86. The van der Waals surface area contributed by atoms with Crippen LogP contribution in [0.5, 0.6) is 0 Å². The molecule has 0 bridgehead atoms. The van der Waals surface area contributed by atoms with Gasteiger partial charge >= 0.3 is 0 Å². The normalized spacial score (nSPS) is 10.3. The molecular weight excluding hydrogens is 262 g/mol. The van der Waals surface area contributed by atoms with Gasteiger partial charge in [0.15, 0.2) is 0 Å². The fourth-order valence-corrected chi connectivity index (χ4v) is 2.47. The predicted octanol–water partition coefficient (Wildman–Crippen LogP) is 4.83. The van der Waals surface area contributed by atoms with Gasteiger partial charge in [0.25, 0.3) is 0 Å². The fraction of sp³-hybridized carbons (Fsp3) is 0.0667. The number of nitrogens with two attached hydrogens (primary N) is 1. The Labute approximate surface area is 117 Å². The lowest BCUT2D eigenvalue weighted by molar-refractivity contribution is 1.42. The Morgan fingerprint density at radius 3 is 2.28 bits per heavy atom. The summed E-state index contributed by atoms with van der Waals surface area (Å²) in [6, 6.07) is 15.6. The van der Waals surface area contributed by atoms with E-state index in [1.807, 2.05) is 48.5 Å². The maximum Gasteiger partial charge on any atom is 0.0406 e.